The highest BCUT2D eigenvalue weighted by Gasteiger charge is 2.40. The van der Waals surface area contributed by atoms with Crippen LogP contribution in [0.15, 0.2) is 48.5 Å². The molecule has 132 valence electrons. The summed E-state index contributed by atoms with van der Waals surface area (Å²) in [7, 11) is 1.44. The molecule has 0 aliphatic heterocycles. The SMILES string of the molecule is COc1ccc(CCC(=O)NC(c2ccccc2)C2CC2C)cc1F. The van der Waals surface area contributed by atoms with Gasteiger partial charge < -0.3 is 10.1 Å². The lowest BCUT2D eigenvalue weighted by molar-refractivity contribution is -0.122. The van der Waals surface area contributed by atoms with Crippen molar-refractivity contribution in [1.29, 1.82) is 0 Å². The van der Waals surface area contributed by atoms with Crippen LogP contribution in [0.2, 0.25) is 0 Å². The molecule has 1 saturated carbocycles. The molecule has 0 bridgehead atoms. The van der Waals surface area contributed by atoms with E-state index in [1.807, 2.05) is 18.2 Å². The molecular weight excluding hydrogens is 317 g/mol. The van der Waals surface area contributed by atoms with Gasteiger partial charge in [-0.2, -0.15) is 0 Å². The minimum absolute atomic E-state index is 0.00387. The third-order valence-electron chi connectivity index (χ3n) is 4.93. The summed E-state index contributed by atoms with van der Waals surface area (Å²) in [4.78, 5) is 12.4. The average Bonchev–Trinajstić information content (AvgIpc) is 3.35. The van der Waals surface area contributed by atoms with Crippen molar-refractivity contribution in [2.75, 3.05) is 7.11 Å². The molecule has 25 heavy (non-hydrogen) atoms. The first-order chi connectivity index (χ1) is 12.1. The molecule has 1 fully saturated rings. The molecule has 3 unspecified atom stereocenters. The molecule has 3 atom stereocenters. The average molecular weight is 341 g/mol. The first-order valence-electron chi connectivity index (χ1n) is 8.75. The van der Waals surface area contributed by atoms with Crippen molar-refractivity contribution >= 4 is 5.91 Å². The van der Waals surface area contributed by atoms with Crippen molar-refractivity contribution in [2.24, 2.45) is 11.8 Å². The molecule has 0 saturated heterocycles. The number of carbonyl (C=O) groups excluding carboxylic acids is 1. The molecule has 2 aromatic carbocycles. The van der Waals surface area contributed by atoms with Crippen molar-refractivity contribution in [3.05, 3.63) is 65.5 Å². The quantitative estimate of drug-likeness (QED) is 0.816. The number of aryl methyl sites for hydroxylation is 1. The van der Waals surface area contributed by atoms with Gasteiger partial charge in [-0.1, -0.05) is 43.3 Å². The van der Waals surface area contributed by atoms with Gasteiger partial charge in [0, 0.05) is 6.42 Å². The van der Waals surface area contributed by atoms with E-state index in [0.29, 0.717) is 24.7 Å². The number of methoxy groups -OCH3 is 1. The summed E-state index contributed by atoms with van der Waals surface area (Å²) in [5, 5.41) is 3.18. The number of benzene rings is 2. The second-order valence-electron chi connectivity index (χ2n) is 6.80. The first-order valence-corrected chi connectivity index (χ1v) is 8.75. The Morgan fingerprint density at radius 1 is 1.28 bits per heavy atom. The fraction of sp³-hybridized carbons (Fsp3) is 0.381. The van der Waals surface area contributed by atoms with Crippen molar-refractivity contribution < 1.29 is 13.9 Å². The second kappa shape index (κ2) is 7.68. The summed E-state index contributed by atoms with van der Waals surface area (Å²) in [5.74, 6) is 0.976. The maximum absolute atomic E-state index is 13.7. The third-order valence-corrected chi connectivity index (χ3v) is 4.93. The van der Waals surface area contributed by atoms with Gasteiger partial charge in [-0.3, -0.25) is 4.79 Å². The second-order valence-corrected chi connectivity index (χ2v) is 6.80. The highest BCUT2D eigenvalue weighted by Crippen LogP contribution is 2.46. The Labute approximate surface area is 148 Å². The monoisotopic (exact) mass is 341 g/mol. The number of amides is 1. The van der Waals surface area contributed by atoms with Gasteiger partial charge in [0.25, 0.3) is 0 Å². The molecule has 0 heterocycles. The Morgan fingerprint density at radius 3 is 2.60 bits per heavy atom. The third kappa shape index (κ3) is 4.38. The highest BCUT2D eigenvalue weighted by molar-refractivity contribution is 5.76. The van der Waals surface area contributed by atoms with Crippen LogP contribution >= 0.6 is 0 Å². The summed E-state index contributed by atoms with van der Waals surface area (Å²) in [6, 6.07) is 15.0. The lowest BCUT2D eigenvalue weighted by Crippen LogP contribution is -2.30. The molecule has 1 aliphatic rings. The maximum atomic E-state index is 13.7. The molecule has 1 aliphatic carbocycles. The summed E-state index contributed by atoms with van der Waals surface area (Å²) < 4.78 is 18.7. The van der Waals surface area contributed by atoms with Gasteiger partial charge >= 0.3 is 0 Å². The van der Waals surface area contributed by atoms with Crippen LogP contribution in [0.4, 0.5) is 4.39 Å². The van der Waals surface area contributed by atoms with E-state index in [1.54, 1.807) is 12.1 Å². The number of hydrogen-bond acceptors (Lipinski definition) is 2. The maximum Gasteiger partial charge on any atom is 0.220 e. The molecule has 0 radical (unpaired) electrons. The van der Waals surface area contributed by atoms with Crippen LogP contribution in [0.1, 0.15) is 36.9 Å². The standard InChI is InChI=1S/C21H24FNO2/c1-14-12-17(14)21(16-6-4-3-5-7-16)23-20(24)11-9-15-8-10-19(25-2)18(22)13-15/h3-8,10,13-14,17,21H,9,11-12H2,1-2H3,(H,23,24). The molecule has 0 aromatic heterocycles. The fourth-order valence-electron chi connectivity index (χ4n) is 3.28. The van der Waals surface area contributed by atoms with E-state index in [4.69, 9.17) is 4.74 Å². The van der Waals surface area contributed by atoms with E-state index in [9.17, 15) is 9.18 Å². The van der Waals surface area contributed by atoms with Gasteiger partial charge in [-0.25, -0.2) is 4.39 Å². The van der Waals surface area contributed by atoms with Crippen LogP contribution in [0.25, 0.3) is 0 Å². The normalized spacial score (nSPS) is 20.0. The zero-order valence-corrected chi connectivity index (χ0v) is 14.7. The first kappa shape index (κ1) is 17.5. The van der Waals surface area contributed by atoms with Crippen molar-refractivity contribution in [2.45, 2.75) is 32.2 Å². The summed E-state index contributed by atoms with van der Waals surface area (Å²) in [6.45, 7) is 2.22. The minimum atomic E-state index is -0.394. The van der Waals surface area contributed by atoms with Gasteiger partial charge in [0.15, 0.2) is 11.6 Å². The van der Waals surface area contributed by atoms with Crippen molar-refractivity contribution in [3.8, 4) is 5.75 Å². The largest absolute Gasteiger partial charge is 0.494 e. The van der Waals surface area contributed by atoms with E-state index >= 15 is 0 Å². The molecular formula is C21H24FNO2. The summed E-state index contributed by atoms with van der Waals surface area (Å²) in [6.07, 6.45) is 1.99. The Kier molecular flexibility index (Phi) is 5.37. The number of nitrogens with one attached hydrogen (secondary N) is 1. The predicted octanol–water partition coefficient (Wildman–Crippen LogP) is 4.28. The number of ether oxygens (including phenoxy) is 1. The molecule has 2 aromatic rings. The Hall–Kier alpha value is -2.36. The van der Waals surface area contributed by atoms with Crippen molar-refractivity contribution in [1.82, 2.24) is 5.32 Å². The van der Waals surface area contributed by atoms with E-state index in [1.165, 1.54) is 13.2 Å². The molecule has 1 N–H and O–H groups in total. The lowest BCUT2D eigenvalue weighted by atomic mass is 10.0. The van der Waals surface area contributed by atoms with Crippen LogP contribution in [-0.2, 0) is 11.2 Å². The lowest BCUT2D eigenvalue weighted by Gasteiger charge is -2.19. The Morgan fingerprint density at radius 2 is 2.00 bits per heavy atom. The van der Waals surface area contributed by atoms with Crippen LogP contribution in [0.5, 0.6) is 5.75 Å². The van der Waals surface area contributed by atoms with Gasteiger partial charge in [0.2, 0.25) is 5.91 Å². The van der Waals surface area contributed by atoms with Crippen LogP contribution in [0, 0.1) is 17.7 Å². The van der Waals surface area contributed by atoms with Gasteiger partial charge in [0.1, 0.15) is 0 Å². The van der Waals surface area contributed by atoms with Gasteiger partial charge in [0.05, 0.1) is 13.2 Å². The summed E-state index contributed by atoms with van der Waals surface area (Å²) >= 11 is 0. The van der Waals surface area contributed by atoms with E-state index in [2.05, 4.69) is 24.4 Å². The van der Waals surface area contributed by atoms with Gasteiger partial charge in [-0.15, -0.1) is 0 Å². The number of halogens is 1. The van der Waals surface area contributed by atoms with Crippen molar-refractivity contribution in [3.63, 3.8) is 0 Å². The van der Waals surface area contributed by atoms with Crippen LogP contribution in [0.3, 0.4) is 0 Å². The number of carbonyl (C=O) groups is 1. The van der Waals surface area contributed by atoms with Crippen LogP contribution < -0.4 is 10.1 Å². The van der Waals surface area contributed by atoms with E-state index < -0.39 is 5.82 Å². The Bertz CT molecular complexity index is 732. The number of hydrogen-bond donors (Lipinski definition) is 1. The molecule has 0 spiro atoms. The Balaban J connectivity index is 1.60. The fourth-order valence-corrected chi connectivity index (χ4v) is 3.28. The number of rotatable bonds is 7. The molecule has 3 rings (SSSR count). The van der Waals surface area contributed by atoms with E-state index in [0.717, 1.165) is 17.5 Å². The molecule has 3 nitrogen and oxygen atoms in total. The van der Waals surface area contributed by atoms with E-state index in [-0.39, 0.29) is 17.7 Å². The zero-order valence-electron chi connectivity index (χ0n) is 14.7. The molecule has 4 heteroatoms. The van der Waals surface area contributed by atoms with Crippen LogP contribution in [-0.4, -0.2) is 13.0 Å². The highest BCUT2D eigenvalue weighted by atomic mass is 19.1. The minimum Gasteiger partial charge on any atom is -0.494 e. The topological polar surface area (TPSA) is 38.3 Å². The smallest absolute Gasteiger partial charge is 0.220 e. The zero-order chi connectivity index (χ0) is 17.8. The summed E-state index contributed by atoms with van der Waals surface area (Å²) in [5.41, 5.74) is 1.95. The molecule has 1 amide bonds. The van der Waals surface area contributed by atoms with Gasteiger partial charge in [-0.05, 0) is 47.9 Å². The predicted molar refractivity (Wildman–Crippen MR) is 95.9 cm³/mol.